The predicted octanol–water partition coefficient (Wildman–Crippen LogP) is 3.57. The SMILES string of the molecule is Cc1ccc2ncc(C(=O)Nc3cccc(NC(=O)c4cccs4)c3)c(=O)n2c1. The molecule has 3 aromatic heterocycles. The third-order valence-electron chi connectivity index (χ3n) is 4.22. The van der Waals surface area contributed by atoms with Crippen molar-refractivity contribution in [3.05, 3.63) is 92.7 Å². The molecule has 29 heavy (non-hydrogen) atoms. The number of amides is 2. The molecular formula is C21H16N4O3S. The second-order valence-corrected chi connectivity index (χ2v) is 7.33. The molecule has 7 nitrogen and oxygen atoms in total. The summed E-state index contributed by atoms with van der Waals surface area (Å²) < 4.78 is 1.35. The molecule has 1 aromatic carbocycles. The fraction of sp³-hybridized carbons (Fsp3) is 0.0476. The first-order chi connectivity index (χ1) is 14.0. The van der Waals surface area contributed by atoms with Crippen LogP contribution in [0.1, 0.15) is 25.6 Å². The van der Waals surface area contributed by atoms with Crippen LogP contribution >= 0.6 is 11.3 Å². The van der Waals surface area contributed by atoms with E-state index < -0.39 is 11.5 Å². The molecule has 0 saturated carbocycles. The van der Waals surface area contributed by atoms with Crippen LogP contribution in [-0.4, -0.2) is 21.2 Å². The topological polar surface area (TPSA) is 92.6 Å². The van der Waals surface area contributed by atoms with E-state index in [1.807, 2.05) is 18.4 Å². The molecule has 3 heterocycles. The van der Waals surface area contributed by atoms with E-state index in [2.05, 4.69) is 15.6 Å². The lowest BCUT2D eigenvalue weighted by atomic mass is 10.2. The molecule has 0 atom stereocenters. The first kappa shape index (κ1) is 18.6. The molecule has 8 heteroatoms. The van der Waals surface area contributed by atoms with Gasteiger partial charge in [-0.25, -0.2) is 4.98 Å². The van der Waals surface area contributed by atoms with Crippen LogP contribution in [0.2, 0.25) is 0 Å². The van der Waals surface area contributed by atoms with Crippen molar-refractivity contribution in [2.45, 2.75) is 6.92 Å². The number of aryl methyl sites for hydroxylation is 1. The second-order valence-electron chi connectivity index (χ2n) is 6.38. The minimum absolute atomic E-state index is 0.0684. The summed E-state index contributed by atoms with van der Waals surface area (Å²) in [4.78, 5) is 42.2. The highest BCUT2D eigenvalue weighted by Crippen LogP contribution is 2.18. The third kappa shape index (κ3) is 3.92. The van der Waals surface area contributed by atoms with Crippen molar-refractivity contribution in [1.29, 1.82) is 0 Å². The summed E-state index contributed by atoms with van der Waals surface area (Å²) in [5.74, 6) is -0.795. The molecule has 0 aliphatic heterocycles. The average molecular weight is 404 g/mol. The Labute approximate surface area is 169 Å². The molecular weight excluding hydrogens is 388 g/mol. The molecule has 2 amide bonds. The van der Waals surface area contributed by atoms with Gasteiger partial charge in [0.1, 0.15) is 11.2 Å². The molecule has 0 aliphatic carbocycles. The summed E-state index contributed by atoms with van der Waals surface area (Å²) in [5, 5.41) is 7.29. The van der Waals surface area contributed by atoms with Crippen molar-refractivity contribution in [2.75, 3.05) is 10.6 Å². The monoisotopic (exact) mass is 404 g/mol. The zero-order chi connectivity index (χ0) is 20.4. The number of thiophene rings is 1. The van der Waals surface area contributed by atoms with Gasteiger partial charge in [0.15, 0.2) is 0 Å². The van der Waals surface area contributed by atoms with Gasteiger partial charge in [-0.2, -0.15) is 0 Å². The smallest absolute Gasteiger partial charge is 0.270 e. The summed E-state index contributed by atoms with van der Waals surface area (Å²) in [6, 6.07) is 13.8. The Balaban J connectivity index is 1.56. The molecule has 0 unspecified atom stereocenters. The molecule has 144 valence electrons. The lowest BCUT2D eigenvalue weighted by molar-refractivity contribution is 0.102. The number of nitrogens with one attached hydrogen (secondary N) is 2. The number of benzene rings is 1. The molecule has 0 radical (unpaired) electrons. The van der Waals surface area contributed by atoms with Gasteiger partial charge in [0, 0.05) is 23.8 Å². The Morgan fingerprint density at radius 2 is 1.76 bits per heavy atom. The number of anilines is 2. The number of pyridine rings is 1. The number of fused-ring (bicyclic) bond motifs is 1. The number of hydrogen-bond acceptors (Lipinski definition) is 5. The van der Waals surface area contributed by atoms with Crippen LogP contribution in [0.15, 0.2) is 71.1 Å². The van der Waals surface area contributed by atoms with Crippen LogP contribution in [0.3, 0.4) is 0 Å². The standard InChI is InChI=1S/C21H16N4O3S/c1-13-7-8-18-22-11-16(21(28)25(18)12-13)19(26)23-14-4-2-5-15(10-14)24-20(27)17-6-3-9-29-17/h2-12H,1H3,(H,23,26)(H,24,27). The Morgan fingerprint density at radius 3 is 2.48 bits per heavy atom. The highest BCUT2D eigenvalue weighted by molar-refractivity contribution is 7.12. The molecule has 0 saturated heterocycles. The maximum atomic E-state index is 12.7. The zero-order valence-corrected chi connectivity index (χ0v) is 16.2. The van der Waals surface area contributed by atoms with Crippen LogP contribution < -0.4 is 16.2 Å². The quantitative estimate of drug-likeness (QED) is 0.544. The molecule has 0 fully saturated rings. The number of nitrogens with zero attached hydrogens (tertiary/aromatic N) is 2. The third-order valence-corrected chi connectivity index (χ3v) is 5.09. The van der Waals surface area contributed by atoms with Gasteiger partial charge in [0.05, 0.1) is 4.88 Å². The molecule has 0 aliphatic rings. The molecule has 0 bridgehead atoms. The van der Waals surface area contributed by atoms with Crippen LogP contribution in [0.25, 0.3) is 5.65 Å². The normalized spacial score (nSPS) is 10.7. The minimum atomic E-state index is -0.569. The number of carbonyl (C=O) groups is 2. The van der Waals surface area contributed by atoms with Crippen molar-refractivity contribution in [2.24, 2.45) is 0 Å². The highest BCUT2D eigenvalue weighted by Gasteiger charge is 2.14. The first-order valence-electron chi connectivity index (χ1n) is 8.75. The van der Waals surface area contributed by atoms with E-state index in [-0.39, 0.29) is 11.5 Å². The van der Waals surface area contributed by atoms with Crippen LogP contribution in [0, 0.1) is 6.92 Å². The summed E-state index contributed by atoms with van der Waals surface area (Å²) in [5.41, 5.74) is 1.82. The second kappa shape index (κ2) is 7.69. The largest absolute Gasteiger partial charge is 0.322 e. The maximum Gasteiger partial charge on any atom is 0.270 e. The minimum Gasteiger partial charge on any atom is -0.322 e. The van der Waals surface area contributed by atoms with E-state index in [0.717, 1.165) is 5.56 Å². The maximum absolute atomic E-state index is 12.7. The van der Waals surface area contributed by atoms with Crippen molar-refractivity contribution in [1.82, 2.24) is 9.38 Å². The van der Waals surface area contributed by atoms with Crippen molar-refractivity contribution >= 4 is 40.2 Å². The lowest BCUT2D eigenvalue weighted by Crippen LogP contribution is -2.26. The number of carbonyl (C=O) groups excluding carboxylic acids is 2. The van der Waals surface area contributed by atoms with E-state index in [1.54, 1.807) is 48.7 Å². The van der Waals surface area contributed by atoms with Gasteiger partial charge in [-0.3, -0.25) is 18.8 Å². The predicted molar refractivity (Wildman–Crippen MR) is 113 cm³/mol. The fourth-order valence-electron chi connectivity index (χ4n) is 2.81. The number of rotatable bonds is 4. The van der Waals surface area contributed by atoms with Crippen molar-refractivity contribution in [3.63, 3.8) is 0 Å². The first-order valence-corrected chi connectivity index (χ1v) is 9.63. The van der Waals surface area contributed by atoms with Crippen molar-refractivity contribution in [3.8, 4) is 0 Å². The molecule has 0 spiro atoms. The van der Waals surface area contributed by atoms with Crippen LogP contribution in [-0.2, 0) is 0 Å². The van der Waals surface area contributed by atoms with E-state index in [4.69, 9.17) is 0 Å². The van der Waals surface area contributed by atoms with Gasteiger partial charge in [0.2, 0.25) is 0 Å². The summed E-state index contributed by atoms with van der Waals surface area (Å²) in [6.07, 6.45) is 2.91. The van der Waals surface area contributed by atoms with Gasteiger partial charge in [-0.05, 0) is 48.2 Å². The van der Waals surface area contributed by atoms with Gasteiger partial charge < -0.3 is 10.6 Å². The highest BCUT2D eigenvalue weighted by atomic mass is 32.1. The number of aromatic nitrogens is 2. The zero-order valence-electron chi connectivity index (χ0n) is 15.4. The molecule has 4 aromatic rings. The van der Waals surface area contributed by atoms with Gasteiger partial charge in [0.25, 0.3) is 17.4 Å². The summed E-state index contributed by atoms with van der Waals surface area (Å²) in [7, 11) is 0. The molecule has 2 N–H and O–H groups in total. The summed E-state index contributed by atoms with van der Waals surface area (Å²) >= 11 is 1.34. The van der Waals surface area contributed by atoms with E-state index >= 15 is 0 Å². The van der Waals surface area contributed by atoms with E-state index in [0.29, 0.717) is 21.9 Å². The van der Waals surface area contributed by atoms with Crippen molar-refractivity contribution < 1.29 is 9.59 Å². The van der Waals surface area contributed by atoms with Gasteiger partial charge >= 0.3 is 0 Å². The van der Waals surface area contributed by atoms with E-state index in [9.17, 15) is 14.4 Å². The van der Waals surface area contributed by atoms with Crippen LogP contribution in [0.4, 0.5) is 11.4 Å². The van der Waals surface area contributed by atoms with Gasteiger partial charge in [-0.15, -0.1) is 11.3 Å². The Bertz CT molecular complexity index is 1280. The van der Waals surface area contributed by atoms with Gasteiger partial charge in [-0.1, -0.05) is 18.2 Å². The number of hydrogen-bond donors (Lipinski definition) is 2. The summed E-state index contributed by atoms with van der Waals surface area (Å²) in [6.45, 7) is 1.86. The Hall–Kier alpha value is -3.78. The fourth-order valence-corrected chi connectivity index (χ4v) is 3.43. The Morgan fingerprint density at radius 1 is 1.00 bits per heavy atom. The lowest BCUT2D eigenvalue weighted by Gasteiger charge is -2.09. The Kier molecular flexibility index (Phi) is 4.92. The molecule has 4 rings (SSSR count). The van der Waals surface area contributed by atoms with E-state index in [1.165, 1.54) is 21.9 Å². The van der Waals surface area contributed by atoms with Crippen LogP contribution in [0.5, 0.6) is 0 Å². The average Bonchev–Trinajstić information content (AvgIpc) is 3.24.